The molecule has 5 nitrogen and oxygen atoms in total. The molecule has 2 amide bonds. The maximum absolute atomic E-state index is 12.1. The Labute approximate surface area is 135 Å². The van der Waals surface area contributed by atoms with Crippen molar-refractivity contribution in [3.05, 3.63) is 65.7 Å². The van der Waals surface area contributed by atoms with Crippen LogP contribution in [-0.2, 0) is 16.0 Å². The van der Waals surface area contributed by atoms with Crippen molar-refractivity contribution < 1.29 is 14.3 Å². The van der Waals surface area contributed by atoms with Gasteiger partial charge in [-0.25, -0.2) is 0 Å². The van der Waals surface area contributed by atoms with Crippen LogP contribution in [0.25, 0.3) is 0 Å². The molecule has 0 spiro atoms. The Hall–Kier alpha value is -2.82. The fourth-order valence-electron chi connectivity index (χ4n) is 2.25. The van der Waals surface area contributed by atoms with Crippen LogP contribution in [0.2, 0.25) is 0 Å². The molecule has 0 saturated heterocycles. The van der Waals surface area contributed by atoms with Gasteiger partial charge in [-0.3, -0.25) is 9.59 Å². The van der Waals surface area contributed by atoms with Gasteiger partial charge in [-0.05, 0) is 23.6 Å². The zero-order valence-corrected chi connectivity index (χ0v) is 13.0. The number of nitrogens with one attached hydrogen (secondary N) is 1. The van der Waals surface area contributed by atoms with E-state index < -0.39 is 17.9 Å². The number of benzene rings is 2. The van der Waals surface area contributed by atoms with Crippen LogP contribution in [0.1, 0.15) is 24.1 Å². The van der Waals surface area contributed by atoms with E-state index in [0.29, 0.717) is 11.3 Å². The molecule has 0 fully saturated rings. The molecule has 0 heterocycles. The number of carbonyl (C=O) groups is 2. The second kappa shape index (κ2) is 7.98. The lowest BCUT2D eigenvalue weighted by atomic mass is 10.1. The summed E-state index contributed by atoms with van der Waals surface area (Å²) < 4.78 is 5.54. The van der Waals surface area contributed by atoms with Crippen LogP contribution >= 0.6 is 0 Å². The second-order valence-corrected chi connectivity index (χ2v) is 5.06. The third kappa shape index (κ3) is 4.57. The Kier molecular flexibility index (Phi) is 5.74. The molecular weight excluding hydrogens is 292 g/mol. The maximum Gasteiger partial charge on any atom is 0.258 e. The summed E-state index contributed by atoms with van der Waals surface area (Å²) in [5.74, 6) is -0.345. The van der Waals surface area contributed by atoms with E-state index in [2.05, 4.69) is 5.32 Å². The normalized spacial score (nSPS) is 11.5. The predicted molar refractivity (Wildman–Crippen MR) is 87.8 cm³/mol. The summed E-state index contributed by atoms with van der Waals surface area (Å²) in [6, 6.07) is 15.5. The average Bonchev–Trinajstić information content (AvgIpc) is 2.58. The highest BCUT2D eigenvalue weighted by Crippen LogP contribution is 2.18. The molecular formula is C18H20N2O3. The van der Waals surface area contributed by atoms with Gasteiger partial charge in [0.1, 0.15) is 11.8 Å². The summed E-state index contributed by atoms with van der Waals surface area (Å²) in [6.07, 6.45) is 0.811. The third-order valence-electron chi connectivity index (χ3n) is 3.44. The van der Waals surface area contributed by atoms with Gasteiger partial charge in [0.2, 0.25) is 5.91 Å². The molecule has 0 radical (unpaired) electrons. The Morgan fingerprint density at radius 3 is 2.39 bits per heavy atom. The first kappa shape index (κ1) is 16.5. The number of aryl methyl sites for hydroxylation is 1. The van der Waals surface area contributed by atoms with Crippen molar-refractivity contribution in [3.8, 4) is 5.75 Å². The Morgan fingerprint density at radius 2 is 1.74 bits per heavy atom. The van der Waals surface area contributed by atoms with E-state index in [9.17, 15) is 9.59 Å². The van der Waals surface area contributed by atoms with Gasteiger partial charge in [-0.2, -0.15) is 0 Å². The van der Waals surface area contributed by atoms with Crippen LogP contribution in [0.4, 0.5) is 0 Å². The van der Waals surface area contributed by atoms with Crippen molar-refractivity contribution in [2.75, 3.05) is 6.61 Å². The van der Waals surface area contributed by atoms with Gasteiger partial charge < -0.3 is 15.8 Å². The largest absolute Gasteiger partial charge is 0.483 e. The minimum Gasteiger partial charge on any atom is -0.483 e. The molecule has 0 bridgehead atoms. The van der Waals surface area contributed by atoms with Crippen molar-refractivity contribution in [2.45, 2.75) is 19.4 Å². The molecule has 2 aromatic rings. The molecule has 23 heavy (non-hydrogen) atoms. The van der Waals surface area contributed by atoms with E-state index in [1.54, 1.807) is 24.3 Å². The standard InChI is InChI=1S/C18H20N2O3/c1-2-13-8-6-7-11-15(13)23-12-16(21)20-17(18(19)22)14-9-4-3-5-10-14/h3-11,17H,2,12H2,1H3,(H2,19,22)(H,20,21). The molecule has 2 rings (SSSR count). The highest BCUT2D eigenvalue weighted by molar-refractivity contribution is 5.88. The lowest BCUT2D eigenvalue weighted by molar-refractivity contribution is -0.128. The van der Waals surface area contributed by atoms with E-state index in [1.807, 2.05) is 37.3 Å². The highest BCUT2D eigenvalue weighted by atomic mass is 16.5. The predicted octanol–water partition coefficient (Wildman–Crippen LogP) is 1.97. The monoisotopic (exact) mass is 312 g/mol. The van der Waals surface area contributed by atoms with E-state index >= 15 is 0 Å². The van der Waals surface area contributed by atoms with Crippen molar-refractivity contribution in [3.63, 3.8) is 0 Å². The summed E-state index contributed by atoms with van der Waals surface area (Å²) in [4.78, 5) is 23.6. The van der Waals surface area contributed by atoms with Gasteiger partial charge in [0.15, 0.2) is 6.61 Å². The summed E-state index contributed by atoms with van der Waals surface area (Å²) in [5, 5.41) is 2.60. The number of carbonyl (C=O) groups excluding carboxylic acids is 2. The summed E-state index contributed by atoms with van der Waals surface area (Å²) in [5.41, 5.74) is 7.04. The van der Waals surface area contributed by atoms with Gasteiger partial charge in [0, 0.05) is 0 Å². The van der Waals surface area contributed by atoms with E-state index in [-0.39, 0.29) is 6.61 Å². The molecule has 0 aliphatic rings. The van der Waals surface area contributed by atoms with Crippen LogP contribution < -0.4 is 15.8 Å². The first-order valence-corrected chi connectivity index (χ1v) is 7.46. The van der Waals surface area contributed by atoms with Crippen molar-refractivity contribution >= 4 is 11.8 Å². The molecule has 2 aromatic carbocycles. The number of amides is 2. The zero-order valence-electron chi connectivity index (χ0n) is 13.0. The first-order chi connectivity index (χ1) is 11.1. The molecule has 0 aliphatic carbocycles. The highest BCUT2D eigenvalue weighted by Gasteiger charge is 2.20. The number of hydrogen-bond acceptors (Lipinski definition) is 3. The number of ether oxygens (including phenoxy) is 1. The van der Waals surface area contributed by atoms with Gasteiger partial charge >= 0.3 is 0 Å². The smallest absolute Gasteiger partial charge is 0.258 e. The van der Waals surface area contributed by atoms with Crippen LogP contribution in [0.5, 0.6) is 5.75 Å². The number of hydrogen-bond donors (Lipinski definition) is 2. The van der Waals surface area contributed by atoms with Gasteiger partial charge in [0.05, 0.1) is 0 Å². The maximum atomic E-state index is 12.1. The third-order valence-corrected chi connectivity index (χ3v) is 3.44. The number of nitrogens with two attached hydrogens (primary N) is 1. The Bertz CT molecular complexity index is 671. The lowest BCUT2D eigenvalue weighted by Crippen LogP contribution is -2.39. The Balaban J connectivity index is 1.99. The van der Waals surface area contributed by atoms with Crippen LogP contribution in [0.3, 0.4) is 0 Å². The molecule has 5 heteroatoms. The molecule has 1 atom stereocenters. The number of primary amides is 1. The molecule has 0 saturated carbocycles. The molecule has 1 unspecified atom stereocenters. The van der Waals surface area contributed by atoms with Gasteiger partial charge in [-0.15, -0.1) is 0 Å². The minimum atomic E-state index is -0.867. The average molecular weight is 312 g/mol. The number of rotatable bonds is 7. The van der Waals surface area contributed by atoms with Crippen LogP contribution in [-0.4, -0.2) is 18.4 Å². The van der Waals surface area contributed by atoms with Crippen LogP contribution in [0, 0.1) is 0 Å². The van der Waals surface area contributed by atoms with Crippen LogP contribution in [0.15, 0.2) is 54.6 Å². The summed E-state index contributed by atoms with van der Waals surface area (Å²) in [7, 11) is 0. The van der Waals surface area contributed by atoms with E-state index in [4.69, 9.17) is 10.5 Å². The lowest BCUT2D eigenvalue weighted by Gasteiger charge is -2.16. The minimum absolute atomic E-state index is 0.173. The first-order valence-electron chi connectivity index (χ1n) is 7.46. The van der Waals surface area contributed by atoms with Crippen molar-refractivity contribution in [1.29, 1.82) is 0 Å². The second-order valence-electron chi connectivity index (χ2n) is 5.06. The van der Waals surface area contributed by atoms with E-state index in [0.717, 1.165) is 12.0 Å². The Morgan fingerprint density at radius 1 is 1.09 bits per heavy atom. The molecule has 3 N–H and O–H groups in total. The molecule has 0 aromatic heterocycles. The van der Waals surface area contributed by atoms with Crippen molar-refractivity contribution in [2.24, 2.45) is 5.73 Å². The summed E-state index contributed by atoms with van der Waals surface area (Å²) >= 11 is 0. The molecule has 0 aliphatic heterocycles. The SMILES string of the molecule is CCc1ccccc1OCC(=O)NC(C(N)=O)c1ccccc1. The fraction of sp³-hybridized carbons (Fsp3) is 0.222. The fourth-order valence-corrected chi connectivity index (χ4v) is 2.25. The summed E-state index contributed by atoms with van der Waals surface area (Å²) in [6.45, 7) is 1.84. The zero-order chi connectivity index (χ0) is 16.7. The van der Waals surface area contributed by atoms with Gasteiger partial charge in [-0.1, -0.05) is 55.5 Å². The van der Waals surface area contributed by atoms with Crippen molar-refractivity contribution in [1.82, 2.24) is 5.32 Å². The molecule has 120 valence electrons. The topological polar surface area (TPSA) is 81.4 Å². The quantitative estimate of drug-likeness (QED) is 0.820. The van der Waals surface area contributed by atoms with Gasteiger partial charge in [0.25, 0.3) is 5.91 Å². The van der Waals surface area contributed by atoms with E-state index in [1.165, 1.54) is 0 Å². The number of para-hydroxylation sites is 1.